The molecule has 0 atom stereocenters. The highest BCUT2D eigenvalue weighted by Gasteiger charge is 2.31. The van der Waals surface area contributed by atoms with Gasteiger partial charge in [0.1, 0.15) is 5.75 Å². The summed E-state index contributed by atoms with van der Waals surface area (Å²) in [5.74, 6) is 0.526. The highest BCUT2D eigenvalue weighted by atomic mass is 19.4. The fourth-order valence-electron chi connectivity index (χ4n) is 1.60. The molecule has 2 nitrogen and oxygen atoms in total. The van der Waals surface area contributed by atoms with Crippen LogP contribution in [-0.2, 0) is 12.6 Å². The summed E-state index contributed by atoms with van der Waals surface area (Å²) in [4.78, 5) is 0. The predicted octanol–water partition coefficient (Wildman–Crippen LogP) is 3.39. The lowest BCUT2D eigenvalue weighted by Crippen LogP contribution is -2.08. The van der Waals surface area contributed by atoms with Crippen LogP contribution in [0.15, 0.2) is 18.2 Å². The molecule has 0 fully saturated rings. The number of hydrogen-bond acceptors (Lipinski definition) is 2. The number of ether oxygens (including phenoxy) is 1. The van der Waals surface area contributed by atoms with Gasteiger partial charge in [0.15, 0.2) is 0 Å². The Bertz CT molecular complexity index is 377. The summed E-state index contributed by atoms with van der Waals surface area (Å²) in [6, 6.07) is 3.60. The molecule has 1 aromatic carbocycles. The summed E-state index contributed by atoms with van der Waals surface area (Å²) in [6.07, 6.45) is -2.36. The predicted molar refractivity (Wildman–Crippen MR) is 64.6 cm³/mol. The van der Waals surface area contributed by atoms with Crippen LogP contribution in [0.2, 0.25) is 0 Å². The molecule has 0 radical (unpaired) electrons. The molecule has 0 spiro atoms. The normalized spacial score (nSPS) is 11.6. The van der Waals surface area contributed by atoms with E-state index >= 15 is 0 Å². The molecule has 0 aliphatic rings. The summed E-state index contributed by atoms with van der Waals surface area (Å²) in [5, 5.41) is 0. The summed E-state index contributed by atoms with van der Waals surface area (Å²) in [5.41, 5.74) is 5.32. The van der Waals surface area contributed by atoms with E-state index in [1.807, 2.05) is 6.92 Å². The number of halogens is 3. The number of alkyl halides is 3. The lowest BCUT2D eigenvalue weighted by atomic mass is 10.0. The van der Waals surface area contributed by atoms with Crippen molar-refractivity contribution in [3.63, 3.8) is 0 Å². The first-order chi connectivity index (χ1) is 8.49. The molecule has 0 amide bonds. The maximum Gasteiger partial charge on any atom is 0.416 e. The molecule has 102 valence electrons. The van der Waals surface area contributed by atoms with Crippen LogP contribution >= 0.6 is 0 Å². The molecule has 0 saturated carbocycles. The number of rotatable bonds is 6. The summed E-state index contributed by atoms with van der Waals surface area (Å²) in [6.45, 7) is 2.90. The van der Waals surface area contributed by atoms with Gasteiger partial charge < -0.3 is 10.5 Å². The second-order valence-corrected chi connectivity index (χ2v) is 4.06. The van der Waals surface area contributed by atoms with E-state index in [9.17, 15) is 13.2 Å². The SMILES string of the molecule is CCCOc1ccc(C(F)(F)F)cc1CCCN. The molecule has 1 rings (SSSR count). The van der Waals surface area contributed by atoms with Crippen LogP contribution in [-0.4, -0.2) is 13.2 Å². The number of nitrogens with two attached hydrogens (primary N) is 1. The molecule has 0 bridgehead atoms. The lowest BCUT2D eigenvalue weighted by molar-refractivity contribution is -0.137. The van der Waals surface area contributed by atoms with E-state index in [-0.39, 0.29) is 0 Å². The first kappa shape index (κ1) is 14.8. The molecule has 2 N–H and O–H groups in total. The van der Waals surface area contributed by atoms with Crippen LogP contribution in [0.3, 0.4) is 0 Å². The van der Waals surface area contributed by atoms with E-state index in [1.165, 1.54) is 6.07 Å². The Morgan fingerprint density at radius 1 is 1.28 bits per heavy atom. The number of hydrogen-bond donors (Lipinski definition) is 1. The highest BCUT2D eigenvalue weighted by molar-refractivity contribution is 5.38. The maximum absolute atomic E-state index is 12.6. The topological polar surface area (TPSA) is 35.2 Å². The maximum atomic E-state index is 12.6. The third-order valence-corrected chi connectivity index (χ3v) is 2.50. The minimum Gasteiger partial charge on any atom is -0.493 e. The van der Waals surface area contributed by atoms with Gasteiger partial charge in [0.2, 0.25) is 0 Å². The van der Waals surface area contributed by atoms with E-state index in [0.29, 0.717) is 37.3 Å². The van der Waals surface area contributed by atoms with Crippen LogP contribution in [0.25, 0.3) is 0 Å². The fourth-order valence-corrected chi connectivity index (χ4v) is 1.60. The zero-order valence-corrected chi connectivity index (χ0v) is 10.4. The van der Waals surface area contributed by atoms with E-state index < -0.39 is 11.7 Å². The smallest absolute Gasteiger partial charge is 0.416 e. The molecule has 0 aliphatic heterocycles. The van der Waals surface area contributed by atoms with E-state index in [0.717, 1.165) is 18.6 Å². The molecule has 0 saturated heterocycles. The molecule has 0 unspecified atom stereocenters. The highest BCUT2D eigenvalue weighted by Crippen LogP contribution is 2.33. The lowest BCUT2D eigenvalue weighted by Gasteiger charge is -2.14. The molecular weight excluding hydrogens is 243 g/mol. The van der Waals surface area contributed by atoms with Gasteiger partial charge in [-0.3, -0.25) is 0 Å². The molecule has 5 heteroatoms. The standard InChI is InChI=1S/C13H18F3NO/c1-2-8-18-12-6-5-11(13(14,15)16)9-10(12)4-3-7-17/h5-6,9H,2-4,7-8,17H2,1H3. The first-order valence-corrected chi connectivity index (χ1v) is 6.02. The third kappa shape index (κ3) is 4.22. The summed E-state index contributed by atoms with van der Waals surface area (Å²) >= 11 is 0. The average Bonchev–Trinajstić information content (AvgIpc) is 2.33. The van der Waals surface area contributed by atoms with Gasteiger partial charge in [-0.05, 0) is 49.6 Å². The average molecular weight is 261 g/mol. The Labute approximate surface area is 105 Å². The molecule has 0 aliphatic carbocycles. The monoisotopic (exact) mass is 261 g/mol. The third-order valence-electron chi connectivity index (χ3n) is 2.50. The zero-order valence-electron chi connectivity index (χ0n) is 10.4. The van der Waals surface area contributed by atoms with E-state index in [1.54, 1.807) is 0 Å². The van der Waals surface area contributed by atoms with Gasteiger partial charge >= 0.3 is 6.18 Å². The van der Waals surface area contributed by atoms with E-state index in [4.69, 9.17) is 10.5 Å². The van der Waals surface area contributed by atoms with Crippen LogP contribution in [0.5, 0.6) is 5.75 Å². The largest absolute Gasteiger partial charge is 0.493 e. The Morgan fingerprint density at radius 2 is 2.00 bits per heavy atom. The molecule has 1 aromatic rings. The second-order valence-electron chi connectivity index (χ2n) is 4.06. The van der Waals surface area contributed by atoms with Gasteiger partial charge in [0, 0.05) is 0 Å². The Balaban J connectivity index is 2.96. The minimum absolute atomic E-state index is 0.448. The molecule has 18 heavy (non-hydrogen) atoms. The van der Waals surface area contributed by atoms with Gasteiger partial charge in [0.25, 0.3) is 0 Å². The number of aryl methyl sites for hydroxylation is 1. The molecule has 0 aromatic heterocycles. The van der Waals surface area contributed by atoms with Crippen LogP contribution in [0, 0.1) is 0 Å². The van der Waals surface area contributed by atoms with E-state index in [2.05, 4.69) is 0 Å². The first-order valence-electron chi connectivity index (χ1n) is 6.02. The van der Waals surface area contributed by atoms with Crippen LogP contribution in [0.1, 0.15) is 30.9 Å². The van der Waals surface area contributed by atoms with Crippen LogP contribution < -0.4 is 10.5 Å². The Morgan fingerprint density at radius 3 is 2.56 bits per heavy atom. The van der Waals surface area contributed by atoms with Gasteiger partial charge in [-0.25, -0.2) is 0 Å². The van der Waals surface area contributed by atoms with Gasteiger partial charge in [0.05, 0.1) is 12.2 Å². The van der Waals surface area contributed by atoms with Crippen molar-refractivity contribution in [3.8, 4) is 5.75 Å². The summed E-state index contributed by atoms with van der Waals surface area (Å²) < 4.78 is 43.3. The van der Waals surface area contributed by atoms with Gasteiger partial charge in [-0.2, -0.15) is 13.2 Å². The van der Waals surface area contributed by atoms with Crippen molar-refractivity contribution >= 4 is 0 Å². The van der Waals surface area contributed by atoms with Crippen molar-refractivity contribution in [1.29, 1.82) is 0 Å². The molecular formula is C13H18F3NO. The van der Waals surface area contributed by atoms with Gasteiger partial charge in [-0.1, -0.05) is 6.92 Å². The van der Waals surface area contributed by atoms with Crippen LogP contribution in [0.4, 0.5) is 13.2 Å². The van der Waals surface area contributed by atoms with Crippen molar-refractivity contribution in [3.05, 3.63) is 29.3 Å². The second kappa shape index (κ2) is 6.64. The fraction of sp³-hybridized carbons (Fsp3) is 0.538. The number of benzene rings is 1. The van der Waals surface area contributed by atoms with Crippen molar-refractivity contribution in [2.24, 2.45) is 5.73 Å². The van der Waals surface area contributed by atoms with Crippen molar-refractivity contribution in [1.82, 2.24) is 0 Å². The Hall–Kier alpha value is -1.23. The zero-order chi connectivity index (χ0) is 13.6. The molecule has 0 heterocycles. The Kier molecular flexibility index (Phi) is 5.47. The summed E-state index contributed by atoms with van der Waals surface area (Å²) in [7, 11) is 0. The van der Waals surface area contributed by atoms with Crippen molar-refractivity contribution < 1.29 is 17.9 Å². The van der Waals surface area contributed by atoms with Crippen molar-refractivity contribution in [2.45, 2.75) is 32.4 Å². The quantitative estimate of drug-likeness (QED) is 0.852. The van der Waals surface area contributed by atoms with Crippen molar-refractivity contribution in [2.75, 3.05) is 13.2 Å². The van der Waals surface area contributed by atoms with Gasteiger partial charge in [-0.15, -0.1) is 0 Å². The minimum atomic E-state index is -4.32.